The minimum atomic E-state index is 0.0715. The summed E-state index contributed by atoms with van der Waals surface area (Å²) in [4.78, 5) is 0. The minimum Gasteiger partial charge on any atom is -0.198 e. The zero-order valence-corrected chi connectivity index (χ0v) is 10.9. The molecule has 1 aliphatic carbocycles. The zero-order valence-electron chi connectivity index (χ0n) is 10.9. The molecule has 0 aromatic heterocycles. The summed E-state index contributed by atoms with van der Waals surface area (Å²) < 4.78 is 0. The Bertz CT molecular complexity index is 426. The first-order valence-electron chi connectivity index (χ1n) is 6.72. The van der Waals surface area contributed by atoms with Crippen LogP contribution >= 0.6 is 0 Å². The van der Waals surface area contributed by atoms with Gasteiger partial charge in [-0.15, -0.1) is 0 Å². The van der Waals surface area contributed by atoms with Gasteiger partial charge in [0, 0.05) is 0 Å². The molecule has 1 nitrogen and oxygen atoms in total. The third-order valence-electron chi connectivity index (χ3n) is 3.64. The molecule has 1 aromatic carbocycles. The molecule has 90 valence electrons. The first-order chi connectivity index (χ1) is 8.20. The number of hydrogen-bond acceptors (Lipinski definition) is 1. The molecule has 1 heteroatoms. The predicted molar refractivity (Wildman–Crippen MR) is 70.9 cm³/mol. The molecule has 0 fully saturated rings. The molecule has 0 saturated carbocycles. The van der Waals surface area contributed by atoms with Crippen molar-refractivity contribution in [2.24, 2.45) is 5.92 Å². The highest BCUT2D eigenvalue weighted by atomic mass is 14.3. The molecule has 1 atom stereocenters. The number of nitriles is 1. The maximum Gasteiger partial charge on any atom is 0.0715 e. The van der Waals surface area contributed by atoms with E-state index >= 15 is 0 Å². The average Bonchev–Trinajstić information content (AvgIpc) is 2.35. The van der Waals surface area contributed by atoms with E-state index < -0.39 is 0 Å². The standard InChI is InChI=1S/C16H21N/c1-12(2)9-16(11-17)15-8-7-13-5-3-4-6-14(13)10-15/h7-8,10,12,16H,3-6,9H2,1-2H3. The summed E-state index contributed by atoms with van der Waals surface area (Å²) in [7, 11) is 0. The molecule has 0 saturated heterocycles. The quantitative estimate of drug-likeness (QED) is 0.758. The van der Waals surface area contributed by atoms with Gasteiger partial charge in [-0.05, 0) is 54.7 Å². The molecule has 0 spiro atoms. The summed E-state index contributed by atoms with van der Waals surface area (Å²) >= 11 is 0. The van der Waals surface area contributed by atoms with Crippen molar-refractivity contribution in [3.05, 3.63) is 34.9 Å². The molecule has 17 heavy (non-hydrogen) atoms. The van der Waals surface area contributed by atoms with Crippen LogP contribution in [0.25, 0.3) is 0 Å². The Morgan fingerprint density at radius 3 is 2.53 bits per heavy atom. The molecule has 1 aromatic rings. The van der Waals surface area contributed by atoms with Crippen LogP contribution in [0.5, 0.6) is 0 Å². The van der Waals surface area contributed by atoms with Gasteiger partial charge in [-0.2, -0.15) is 5.26 Å². The van der Waals surface area contributed by atoms with E-state index in [0.29, 0.717) is 5.92 Å². The molecule has 1 unspecified atom stereocenters. The summed E-state index contributed by atoms with van der Waals surface area (Å²) in [5, 5.41) is 9.28. The SMILES string of the molecule is CC(C)CC(C#N)c1ccc2c(c1)CCCC2. The lowest BCUT2D eigenvalue weighted by Gasteiger charge is -2.19. The lowest BCUT2D eigenvalue weighted by molar-refractivity contribution is 0.554. The average molecular weight is 227 g/mol. The van der Waals surface area contributed by atoms with Crippen molar-refractivity contribution in [3.63, 3.8) is 0 Å². The van der Waals surface area contributed by atoms with Gasteiger partial charge in [0.1, 0.15) is 0 Å². The van der Waals surface area contributed by atoms with Crippen LogP contribution in [-0.4, -0.2) is 0 Å². The second kappa shape index (κ2) is 5.36. The first-order valence-corrected chi connectivity index (χ1v) is 6.72. The second-order valence-electron chi connectivity index (χ2n) is 5.55. The Kier molecular flexibility index (Phi) is 3.84. The molecule has 0 amide bonds. The van der Waals surface area contributed by atoms with Crippen LogP contribution in [0.3, 0.4) is 0 Å². The van der Waals surface area contributed by atoms with Crippen molar-refractivity contribution in [1.29, 1.82) is 5.26 Å². The van der Waals surface area contributed by atoms with Crippen molar-refractivity contribution >= 4 is 0 Å². The summed E-state index contributed by atoms with van der Waals surface area (Å²) in [6.07, 6.45) is 6.01. The lowest BCUT2D eigenvalue weighted by atomic mass is 9.85. The molecule has 0 radical (unpaired) electrons. The Labute approximate surface area is 104 Å². The first kappa shape index (κ1) is 12.2. The molecule has 0 N–H and O–H groups in total. The molecular formula is C16H21N. The number of benzene rings is 1. The van der Waals surface area contributed by atoms with E-state index in [-0.39, 0.29) is 5.92 Å². The number of aryl methyl sites for hydroxylation is 2. The fourth-order valence-corrected chi connectivity index (χ4v) is 2.70. The van der Waals surface area contributed by atoms with Crippen molar-refractivity contribution in [3.8, 4) is 6.07 Å². The Morgan fingerprint density at radius 2 is 1.88 bits per heavy atom. The van der Waals surface area contributed by atoms with Gasteiger partial charge in [-0.1, -0.05) is 32.0 Å². The zero-order chi connectivity index (χ0) is 12.3. The van der Waals surface area contributed by atoms with Crippen LogP contribution in [0.2, 0.25) is 0 Å². The summed E-state index contributed by atoms with van der Waals surface area (Å²) in [5.74, 6) is 0.651. The second-order valence-corrected chi connectivity index (χ2v) is 5.55. The topological polar surface area (TPSA) is 23.8 Å². The van der Waals surface area contributed by atoms with E-state index in [0.717, 1.165) is 6.42 Å². The number of fused-ring (bicyclic) bond motifs is 1. The van der Waals surface area contributed by atoms with Crippen LogP contribution in [0.4, 0.5) is 0 Å². The highest BCUT2D eigenvalue weighted by Gasteiger charge is 2.15. The highest BCUT2D eigenvalue weighted by Crippen LogP contribution is 2.28. The van der Waals surface area contributed by atoms with Crippen molar-refractivity contribution in [1.82, 2.24) is 0 Å². The van der Waals surface area contributed by atoms with E-state index in [1.54, 1.807) is 0 Å². The Hall–Kier alpha value is -1.29. The van der Waals surface area contributed by atoms with E-state index in [1.165, 1.54) is 42.4 Å². The van der Waals surface area contributed by atoms with Crippen LogP contribution in [0, 0.1) is 17.2 Å². The Balaban J connectivity index is 2.23. The van der Waals surface area contributed by atoms with E-state index in [2.05, 4.69) is 38.1 Å². The smallest absolute Gasteiger partial charge is 0.0715 e. The van der Waals surface area contributed by atoms with Crippen LogP contribution in [0.1, 0.15) is 55.7 Å². The van der Waals surface area contributed by atoms with E-state index in [1.807, 2.05) is 0 Å². The molecule has 0 heterocycles. The lowest BCUT2D eigenvalue weighted by Crippen LogP contribution is -2.06. The van der Waals surface area contributed by atoms with Gasteiger partial charge in [0.2, 0.25) is 0 Å². The van der Waals surface area contributed by atoms with Crippen molar-refractivity contribution in [2.75, 3.05) is 0 Å². The van der Waals surface area contributed by atoms with Gasteiger partial charge in [-0.3, -0.25) is 0 Å². The molecule has 2 rings (SSSR count). The molecular weight excluding hydrogens is 206 g/mol. The maximum absolute atomic E-state index is 9.28. The van der Waals surface area contributed by atoms with Gasteiger partial charge in [0.15, 0.2) is 0 Å². The van der Waals surface area contributed by atoms with Crippen molar-refractivity contribution in [2.45, 2.75) is 51.9 Å². The predicted octanol–water partition coefficient (Wildman–Crippen LogP) is 4.22. The number of nitrogens with zero attached hydrogens (tertiary/aromatic N) is 1. The van der Waals surface area contributed by atoms with Crippen LogP contribution in [0.15, 0.2) is 18.2 Å². The fourth-order valence-electron chi connectivity index (χ4n) is 2.70. The normalized spacial score (nSPS) is 16.4. The number of rotatable bonds is 3. The van der Waals surface area contributed by atoms with Gasteiger partial charge in [0.05, 0.1) is 12.0 Å². The molecule has 0 aliphatic heterocycles. The third kappa shape index (κ3) is 2.88. The van der Waals surface area contributed by atoms with Gasteiger partial charge in [-0.25, -0.2) is 0 Å². The number of hydrogen-bond donors (Lipinski definition) is 0. The summed E-state index contributed by atoms with van der Waals surface area (Å²) in [5.41, 5.74) is 4.21. The molecule has 0 bridgehead atoms. The third-order valence-corrected chi connectivity index (χ3v) is 3.64. The van der Waals surface area contributed by atoms with Gasteiger partial charge in [0.25, 0.3) is 0 Å². The largest absolute Gasteiger partial charge is 0.198 e. The van der Waals surface area contributed by atoms with Crippen molar-refractivity contribution < 1.29 is 0 Å². The summed E-state index contributed by atoms with van der Waals surface area (Å²) in [6.45, 7) is 4.37. The van der Waals surface area contributed by atoms with Gasteiger partial charge >= 0.3 is 0 Å². The summed E-state index contributed by atoms with van der Waals surface area (Å²) in [6, 6.07) is 9.15. The van der Waals surface area contributed by atoms with E-state index in [4.69, 9.17) is 0 Å². The van der Waals surface area contributed by atoms with Crippen LogP contribution < -0.4 is 0 Å². The van der Waals surface area contributed by atoms with Gasteiger partial charge < -0.3 is 0 Å². The Morgan fingerprint density at radius 1 is 1.18 bits per heavy atom. The van der Waals surface area contributed by atoms with E-state index in [9.17, 15) is 5.26 Å². The maximum atomic E-state index is 9.28. The highest BCUT2D eigenvalue weighted by molar-refractivity contribution is 5.37. The monoisotopic (exact) mass is 227 g/mol. The van der Waals surface area contributed by atoms with Crippen LogP contribution in [-0.2, 0) is 12.8 Å². The molecule has 1 aliphatic rings. The fraction of sp³-hybridized carbons (Fsp3) is 0.562. The minimum absolute atomic E-state index is 0.0715.